The first-order valence-corrected chi connectivity index (χ1v) is 10.4. The van der Waals surface area contributed by atoms with Gasteiger partial charge in [0.15, 0.2) is 0 Å². The van der Waals surface area contributed by atoms with E-state index in [9.17, 15) is 26.3 Å². The molecule has 0 spiro atoms. The number of likely N-dealkylation sites (N-methyl/N-ethyl adjacent to an activating group) is 1. The third kappa shape index (κ3) is 6.70. The quantitative estimate of drug-likeness (QED) is 0.648. The molecule has 176 valence electrons. The molecule has 0 amide bonds. The summed E-state index contributed by atoms with van der Waals surface area (Å²) in [6.45, 7) is 3.83. The monoisotopic (exact) mass is 459 g/mol. The van der Waals surface area contributed by atoms with Gasteiger partial charge < -0.3 is 10.6 Å². The van der Waals surface area contributed by atoms with Crippen LogP contribution in [0.3, 0.4) is 0 Å². The molecule has 1 fully saturated rings. The van der Waals surface area contributed by atoms with E-state index in [4.69, 9.17) is 5.73 Å². The van der Waals surface area contributed by atoms with Crippen molar-refractivity contribution >= 4 is 0 Å². The number of rotatable bonds is 6. The minimum atomic E-state index is -4.42. The number of hydrogen-bond donors (Lipinski definition) is 1. The molecular weight excluding hydrogens is 432 g/mol. The highest BCUT2D eigenvalue weighted by atomic mass is 19.4. The molecule has 3 rings (SSSR count). The van der Waals surface area contributed by atoms with Gasteiger partial charge in [0.05, 0.1) is 11.1 Å². The zero-order valence-corrected chi connectivity index (χ0v) is 17.8. The van der Waals surface area contributed by atoms with Crippen molar-refractivity contribution in [2.45, 2.75) is 30.7 Å². The van der Waals surface area contributed by atoms with Gasteiger partial charge in [-0.1, -0.05) is 24.3 Å². The molecule has 2 aromatic carbocycles. The Morgan fingerprint density at radius 3 is 1.41 bits per heavy atom. The van der Waals surface area contributed by atoms with E-state index in [2.05, 4.69) is 9.80 Å². The van der Waals surface area contributed by atoms with E-state index in [0.29, 0.717) is 30.5 Å². The van der Waals surface area contributed by atoms with E-state index in [1.54, 1.807) is 0 Å². The van der Waals surface area contributed by atoms with Gasteiger partial charge in [-0.3, -0.25) is 4.90 Å². The van der Waals surface area contributed by atoms with E-state index < -0.39 is 29.0 Å². The summed E-state index contributed by atoms with van der Waals surface area (Å²) >= 11 is 0. The number of nitrogens with zero attached hydrogens (tertiary/aromatic N) is 2. The Hall–Kier alpha value is -2.10. The maximum atomic E-state index is 12.9. The van der Waals surface area contributed by atoms with Crippen LogP contribution in [-0.4, -0.2) is 55.1 Å². The fourth-order valence-electron chi connectivity index (χ4n) is 4.06. The molecule has 1 heterocycles. The standard InChI is InChI=1S/C23H27F6N3/c1-31-10-12-32(13-11-31)16-21(30,14-17-2-6-19(7-3-17)22(24,25)26)15-18-4-8-20(9-5-18)23(27,28)29/h2-9H,10-16,30H2,1H3. The minimum Gasteiger partial charge on any atom is -0.323 e. The zero-order valence-electron chi connectivity index (χ0n) is 17.8. The minimum absolute atomic E-state index is 0.304. The predicted molar refractivity (Wildman–Crippen MR) is 111 cm³/mol. The number of nitrogens with two attached hydrogens (primary N) is 1. The summed E-state index contributed by atoms with van der Waals surface area (Å²) in [5.41, 5.74) is 5.77. The fraction of sp³-hybridized carbons (Fsp3) is 0.478. The SMILES string of the molecule is CN1CCN(CC(N)(Cc2ccc(C(F)(F)F)cc2)Cc2ccc(C(F)(F)F)cc2)CC1. The normalized spacial score (nSPS) is 17.0. The molecule has 0 aliphatic carbocycles. The number of alkyl halides is 6. The average molecular weight is 459 g/mol. The van der Waals surface area contributed by atoms with Crippen molar-refractivity contribution in [3.63, 3.8) is 0 Å². The number of halogens is 6. The maximum absolute atomic E-state index is 12.9. The summed E-state index contributed by atoms with van der Waals surface area (Å²) in [6, 6.07) is 9.80. The first-order valence-electron chi connectivity index (χ1n) is 10.4. The van der Waals surface area contributed by atoms with Crippen LogP contribution in [0.2, 0.25) is 0 Å². The molecule has 3 nitrogen and oxygen atoms in total. The fourth-order valence-corrected chi connectivity index (χ4v) is 4.06. The molecular formula is C23H27F6N3. The molecule has 2 aromatic rings. The second-order valence-corrected chi connectivity index (χ2v) is 8.68. The zero-order chi connectivity index (χ0) is 23.6. The van der Waals surface area contributed by atoms with Crippen LogP contribution in [0.15, 0.2) is 48.5 Å². The van der Waals surface area contributed by atoms with E-state index >= 15 is 0 Å². The Balaban J connectivity index is 1.80. The van der Waals surface area contributed by atoms with Gasteiger partial charge in [-0.05, 0) is 55.3 Å². The Morgan fingerprint density at radius 2 is 1.06 bits per heavy atom. The van der Waals surface area contributed by atoms with Crippen LogP contribution >= 0.6 is 0 Å². The molecule has 0 aromatic heterocycles. The Bertz CT molecular complexity index is 807. The first kappa shape index (κ1) is 24.5. The molecule has 0 atom stereocenters. The topological polar surface area (TPSA) is 32.5 Å². The van der Waals surface area contributed by atoms with Crippen molar-refractivity contribution in [3.05, 3.63) is 70.8 Å². The van der Waals surface area contributed by atoms with Gasteiger partial charge >= 0.3 is 12.4 Å². The highest BCUT2D eigenvalue weighted by Gasteiger charge is 2.33. The summed E-state index contributed by atoms with van der Waals surface area (Å²) in [6.07, 6.45) is -8.23. The van der Waals surface area contributed by atoms with Crippen molar-refractivity contribution in [1.29, 1.82) is 0 Å². The summed E-state index contributed by atoms with van der Waals surface area (Å²) in [4.78, 5) is 4.40. The van der Waals surface area contributed by atoms with Gasteiger partial charge in [0.2, 0.25) is 0 Å². The number of piperazine rings is 1. The van der Waals surface area contributed by atoms with Crippen LogP contribution in [0.5, 0.6) is 0 Å². The van der Waals surface area contributed by atoms with Crippen molar-refractivity contribution in [1.82, 2.24) is 9.80 Å². The largest absolute Gasteiger partial charge is 0.416 e. The highest BCUT2D eigenvalue weighted by molar-refractivity contribution is 5.29. The summed E-state index contributed by atoms with van der Waals surface area (Å²) < 4.78 is 77.3. The van der Waals surface area contributed by atoms with Gasteiger partial charge in [-0.2, -0.15) is 26.3 Å². The first-order chi connectivity index (χ1) is 14.8. The Labute approximate surface area is 183 Å². The van der Waals surface area contributed by atoms with Gasteiger partial charge in [-0.15, -0.1) is 0 Å². The van der Waals surface area contributed by atoms with Crippen molar-refractivity contribution in [2.75, 3.05) is 39.8 Å². The summed E-state index contributed by atoms with van der Waals surface area (Å²) in [7, 11) is 2.03. The van der Waals surface area contributed by atoms with Crippen molar-refractivity contribution in [2.24, 2.45) is 5.73 Å². The predicted octanol–water partition coefficient (Wildman–Crippen LogP) is 4.45. The summed E-state index contributed by atoms with van der Waals surface area (Å²) in [5, 5.41) is 0. The van der Waals surface area contributed by atoms with Crippen molar-refractivity contribution in [3.8, 4) is 0 Å². The molecule has 32 heavy (non-hydrogen) atoms. The second-order valence-electron chi connectivity index (χ2n) is 8.68. The highest BCUT2D eigenvalue weighted by Crippen LogP contribution is 2.31. The lowest BCUT2D eigenvalue weighted by Gasteiger charge is -2.39. The van der Waals surface area contributed by atoms with Crippen LogP contribution in [0.25, 0.3) is 0 Å². The smallest absolute Gasteiger partial charge is 0.323 e. The molecule has 1 aliphatic rings. The van der Waals surface area contributed by atoms with Crippen LogP contribution in [-0.2, 0) is 25.2 Å². The van der Waals surface area contributed by atoms with Crippen LogP contribution in [0.4, 0.5) is 26.3 Å². The maximum Gasteiger partial charge on any atom is 0.416 e. The molecule has 0 unspecified atom stereocenters. The molecule has 0 bridgehead atoms. The van der Waals surface area contributed by atoms with Gasteiger partial charge in [0.25, 0.3) is 0 Å². The van der Waals surface area contributed by atoms with E-state index in [1.807, 2.05) is 7.05 Å². The molecule has 9 heteroatoms. The van der Waals surface area contributed by atoms with Crippen LogP contribution < -0.4 is 5.73 Å². The van der Waals surface area contributed by atoms with Crippen LogP contribution in [0, 0.1) is 0 Å². The van der Waals surface area contributed by atoms with Gasteiger partial charge in [0, 0.05) is 38.3 Å². The van der Waals surface area contributed by atoms with E-state index in [0.717, 1.165) is 50.4 Å². The van der Waals surface area contributed by atoms with Crippen molar-refractivity contribution < 1.29 is 26.3 Å². The number of benzene rings is 2. The number of hydrogen-bond acceptors (Lipinski definition) is 3. The average Bonchev–Trinajstić information content (AvgIpc) is 2.69. The van der Waals surface area contributed by atoms with Crippen LogP contribution in [0.1, 0.15) is 22.3 Å². The summed E-state index contributed by atoms with van der Waals surface area (Å²) in [5.74, 6) is 0. The van der Waals surface area contributed by atoms with Gasteiger partial charge in [-0.25, -0.2) is 0 Å². The van der Waals surface area contributed by atoms with E-state index in [-0.39, 0.29) is 0 Å². The second kappa shape index (κ2) is 9.41. The molecule has 0 saturated carbocycles. The Kier molecular flexibility index (Phi) is 7.21. The molecule has 1 saturated heterocycles. The Morgan fingerprint density at radius 1 is 0.688 bits per heavy atom. The lowest BCUT2D eigenvalue weighted by atomic mass is 9.84. The third-order valence-electron chi connectivity index (χ3n) is 5.81. The molecule has 1 aliphatic heterocycles. The van der Waals surface area contributed by atoms with E-state index in [1.165, 1.54) is 24.3 Å². The molecule has 0 radical (unpaired) electrons. The van der Waals surface area contributed by atoms with Gasteiger partial charge in [0.1, 0.15) is 0 Å². The molecule has 2 N–H and O–H groups in total. The third-order valence-corrected chi connectivity index (χ3v) is 5.81. The lowest BCUT2D eigenvalue weighted by molar-refractivity contribution is -0.138. The lowest BCUT2D eigenvalue weighted by Crippen LogP contribution is -2.57.